The largest absolute Gasteiger partial charge is 0.340 e. The van der Waals surface area contributed by atoms with Crippen molar-refractivity contribution < 1.29 is 4.79 Å². The second-order valence-electron chi connectivity index (χ2n) is 6.04. The van der Waals surface area contributed by atoms with Crippen molar-refractivity contribution >= 4 is 17.7 Å². The maximum absolute atomic E-state index is 12.7. The van der Waals surface area contributed by atoms with Gasteiger partial charge in [0.15, 0.2) is 11.0 Å². The number of hydrogen-bond donors (Lipinski definition) is 0. The number of thioether (sulfide) groups is 1. The minimum atomic E-state index is -0.253. The van der Waals surface area contributed by atoms with E-state index in [2.05, 4.69) is 15.2 Å². The van der Waals surface area contributed by atoms with Crippen molar-refractivity contribution in [2.45, 2.75) is 23.9 Å². The van der Waals surface area contributed by atoms with Gasteiger partial charge in [-0.1, -0.05) is 42.1 Å². The van der Waals surface area contributed by atoms with Gasteiger partial charge in [0.25, 0.3) is 0 Å². The zero-order chi connectivity index (χ0) is 18.5. The van der Waals surface area contributed by atoms with Gasteiger partial charge in [0, 0.05) is 38.6 Å². The molecular formula is C19H21N5OS. The van der Waals surface area contributed by atoms with Crippen LogP contribution in [-0.2, 0) is 18.4 Å². The second kappa shape index (κ2) is 8.14. The maximum Gasteiger partial charge on any atom is 0.235 e. The molecule has 7 heteroatoms. The Morgan fingerprint density at radius 3 is 2.54 bits per heavy atom. The second-order valence-corrected chi connectivity index (χ2v) is 7.35. The Morgan fingerprint density at radius 2 is 1.85 bits per heavy atom. The molecule has 1 atom stereocenters. The lowest BCUT2D eigenvalue weighted by atomic mass is 10.2. The molecule has 2 heterocycles. The van der Waals surface area contributed by atoms with Gasteiger partial charge < -0.3 is 9.47 Å². The molecule has 0 saturated carbocycles. The predicted octanol–water partition coefficient (Wildman–Crippen LogP) is 3.02. The number of carbonyl (C=O) groups is 1. The van der Waals surface area contributed by atoms with Crippen LogP contribution in [0.1, 0.15) is 12.5 Å². The quantitative estimate of drug-likeness (QED) is 0.627. The minimum Gasteiger partial charge on any atom is -0.340 e. The van der Waals surface area contributed by atoms with Crippen molar-refractivity contribution in [3.8, 4) is 11.4 Å². The third kappa shape index (κ3) is 4.11. The fourth-order valence-electron chi connectivity index (χ4n) is 2.62. The highest BCUT2D eigenvalue weighted by atomic mass is 32.2. The van der Waals surface area contributed by atoms with Crippen LogP contribution in [0.25, 0.3) is 11.4 Å². The summed E-state index contributed by atoms with van der Waals surface area (Å²) in [5, 5.41) is 8.95. The van der Waals surface area contributed by atoms with Crippen molar-refractivity contribution in [2.24, 2.45) is 7.05 Å². The number of carbonyl (C=O) groups excluding carboxylic acids is 1. The van der Waals surface area contributed by atoms with E-state index in [1.165, 1.54) is 11.8 Å². The highest BCUT2D eigenvalue weighted by Gasteiger charge is 2.22. The van der Waals surface area contributed by atoms with Crippen LogP contribution in [-0.4, -0.2) is 42.9 Å². The van der Waals surface area contributed by atoms with E-state index in [1.807, 2.05) is 68.1 Å². The maximum atomic E-state index is 12.7. The van der Waals surface area contributed by atoms with Gasteiger partial charge in [-0.25, -0.2) is 0 Å². The number of nitrogens with zero attached hydrogens (tertiary/aromatic N) is 5. The molecule has 1 aromatic carbocycles. The van der Waals surface area contributed by atoms with E-state index in [0.717, 1.165) is 17.0 Å². The first-order valence-corrected chi connectivity index (χ1v) is 9.19. The van der Waals surface area contributed by atoms with Gasteiger partial charge in [0.05, 0.1) is 5.25 Å². The fourth-order valence-corrected chi connectivity index (χ4v) is 3.55. The van der Waals surface area contributed by atoms with Crippen LogP contribution in [0.15, 0.2) is 60.0 Å². The van der Waals surface area contributed by atoms with Crippen LogP contribution in [0.3, 0.4) is 0 Å². The number of amides is 1. The lowest BCUT2D eigenvalue weighted by Crippen LogP contribution is -2.32. The lowest BCUT2D eigenvalue weighted by molar-refractivity contribution is -0.129. The Bertz CT molecular complexity index is 866. The molecule has 2 aromatic heterocycles. The predicted molar refractivity (Wildman–Crippen MR) is 102 cm³/mol. The number of benzene rings is 1. The molecule has 6 nitrogen and oxygen atoms in total. The normalized spacial score (nSPS) is 12.0. The molecule has 3 aromatic rings. The van der Waals surface area contributed by atoms with Gasteiger partial charge in [-0.3, -0.25) is 9.78 Å². The molecule has 26 heavy (non-hydrogen) atoms. The molecular weight excluding hydrogens is 346 g/mol. The van der Waals surface area contributed by atoms with E-state index in [9.17, 15) is 4.79 Å². The summed E-state index contributed by atoms with van der Waals surface area (Å²) in [6, 6.07) is 13.7. The van der Waals surface area contributed by atoms with Crippen LogP contribution < -0.4 is 0 Å². The van der Waals surface area contributed by atoms with Crippen molar-refractivity contribution in [2.75, 3.05) is 7.05 Å². The molecule has 0 aliphatic carbocycles. The number of aromatic nitrogens is 4. The first-order chi connectivity index (χ1) is 12.6. The van der Waals surface area contributed by atoms with E-state index >= 15 is 0 Å². The average molecular weight is 367 g/mol. The summed E-state index contributed by atoms with van der Waals surface area (Å²) in [5.74, 6) is 0.819. The van der Waals surface area contributed by atoms with Crippen molar-refractivity contribution in [1.82, 2.24) is 24.6 Å². The molecule has 134 valence electrons. The standard InChI is InChI=1S/C19H21N5OS/c1-14(18(25)23(2)13-15-7-5-4-6-8-15)26-19-22-21-17(24(19)3)16-9-11-20-12-10-16/h4-12,14H,13H2,1-3H3/t14-/m0/s1. The summed E-state index contributed by atoms with van der Waals surface area (Å²) < 4.78 is 1.90. The number of pyridine rings is 1. The Hall–Kier alpha value is -2.67. The molecule has 0 unspecified atom stereocenters. The molecule has 0 fully saturated rings. The lowest BCUT2D eigenvalue weighted by Gasteiger charge is -2.21. The third-order valence-electron chi connectivity index (χ3n) is 4.04. The fraction of sp³-hybridized carbons (Fsp3) is 0.263. The minimum absolute atomic E-state index is 0.0623. The molecule has 0 spiro atoms. The van der Waals surface area contributed by atoms with Crippen LogP contribution in [0.2, 0.25) is 0 Å². The Labute approximate surface area is 157 Å². The monoisotopic (exact) mass is 367 g/mol. The summed E-state index contributed by atoms with van der Waals surface area (Å²) >= 11 is 1.42. The van der Waals surface area contributed by atoms with Crippen LogP contribution in [0.5, 0.6) is 0 Å². The van der Waals surface area contributed by atoms with Gasteiger partial charge in [0.1, 0.15) is 0 Å². The number of rotatable bonds is 6. The van der Waals surface area contributed by atoms with Crippen molar-refractivity contribution in [1.29, 1.82) is 0 Å². The van der Waals surface area contributed by atoms with Crippen LogP contribution in [0, 0.1) is 0 Å². The molecule has 1 amide bonds. The van der Waals surface area contributed by atoms with E-state index in [-0.39, 0.29) is 11.2 Å². The SMILES string of the molecule is C[C@H](Sc1nnc(-c2ccncc2)n1C)C(=O)N(C)Cc1ccccc1. The third-order valence-corrected chi connectivity index (χ3v) is 5.16. The Kier molecular flexibility index (Phi) is 5.68. The van der Waals surface area contributed by atoms with E-state index in [1.54, 1.807) is 17.3 Å². The molecule has 0 radical (unpaired) electrons. The highest BCUT2D eigenvalue weighted by Crippen LogP contribution is 2.26. The summed E-state index contributed by atoms with van der Waals surface area (Å²) in [4.78, 5) is 18.4. The van der Waals surface area contributed by atoms with Crippen molar-refractivity contribution in [3.63, 3.8) is 0 Å². The average Bonchev–Trinajstić information content (AvgIpc) is 3.03. The van der Waals surface area contributed by atoms with E-state index in [0.29, 0.717) is 11.7 Å². The first kappa shape index (κ1) is 18.1. The van der Waals surface area contributed by atoms with Gasteiger partial charge in [-0.05, 0) is 24.6 Å². The van der Waals surface area contributed by atoms with Gasteiger partial charge >= 0.3 is 0 Å². The van der Waals surface area contributed by atoms with Crippen molar-refractivity contribution in [3.05, 3.63) is 60.4 Å². The molecule has 0 saturated heterocycles. The highest BCUT2D eigenvalue weighted by molar-refractivity contribution is 8.00. The smallest absolute Gasteiger partial charge is 0.235 e. The van der Waals surface area contributed by atoms with Crippen LogP contribution >= 0.6 is 11.8 Å². The molecule has 0 aliphatic heterocycles. The van der Waals surface area contributed by atoms with E-state index in [4.69, 9.17) is 0 Å². The van der Waals surface area contributed by atoms with Gasteiger partial charge in [0.2, 0.25) is 5.91 Å². The molecule has 0 aliphatic rings. The zero-order valence-corrected chi connectivity index (χ0v) is 15.8. The summed E-state index contributed by atoms with van der Waals surface area (Å²) in [6.07, 6.45) is 3.45. The zero-order valence-electron chi connectivity index (χ0n) is 15.0. The summed E-state index contributed by atoms with van der Waals surface area (Å²) in [5.41, 5.74) is 2.06. The molecule has 0 N–H and O–H groups in total. The molecule has 3 rings (SSSR count). The summed E-state index contributed by atoms with van der Waals surface area (Å²) in [7, 11) is 3.73. The summed E-state index contributed by atoms with van der Waals surface area (Å²) in [6.45, 7) is 2.49. The molecule has 0 bridgehead atoms. The van der Waals surface area contributed by atoms with Gasteiger partial charge in [-0.2, -0.15) is 0 Å². The topological polar surface area (TPSA) is 63.9 Å². The van der Waals surface area contributed by atoms with Gasteiger partial charge in [-0.15, -0.1) is 10.2 Å². The number of hydrogen-bond acceptors (Lipinski definition) is 5. The Morgan fingerprint density at radius 1 is 1.15 bits per heavy atom. The van der Waals surface area contributed by atoms with Crippen LogP contribution in [0.4, 0.5) is 0 Å². The first-order valence-electron chi connectivity index (χ1n) is 8.31. The van der Waals surface area contributed by atoms with E-state index < -0.39 is 0 Å². The Balaban J connectivity index is 1.67.